The van der Waals surface area contributed by atoms with E-state index in [1.807, 2.05) is 18.2 Å². The standard InChI is InChI=1S/C17H14ClN3O3/c1-23-17(22)12-5-3-7-14(9-12)19-10-15-20-21-16(24-15)11-4-2-6-13(18)8-11/h2-9,19H,10H2,1H3. The van der Waals surface area contributed by atoms with Gasteiger partial charge in [-0.2, -0.15) is 0 Å². The van der Waals surface area contributed by atoms with Gasteiger partial charge in [0.1, 0.15) is 0 Å². The van der Waals surface area contributed by atoms with Gasteiger partial charge in [0.2, 0.25) is 11.8 Å². The zero-order chi connectivity index (χ0) is 16.9. The number of nitrogens with one attached hydrogen (secondary N) is 1. The van der Waals surface area contributed by atoms with E-state index in [2.05, 4.69) is 15.5 Å². The Morgan fingerprint density at radius 3 is 2.83 bits per heavy atom. The average molecular weight is 344 g/mol. The number of anilines is 1. The first-order valence-corrected chi connectivity index (χ1v) is 7.54. The molecule has 0 aliphatic carbocycles. The molecule has 3 aromatic rings. The first kappa shape index (κ1) is 16.0. The van der Waals surface area contributed by atoms with Crippen LogP contribution in [-0.4, -0.2) is 23.3 Å². The predicted octanol–water partition coefficient (Wildman–Crippen LogP) is 3.79. The van der Waals surface area contributed by atoms with E-state index in [0.29, 0.717) is 28.9 Å². The van der Waals surface area contributed by atoms with Crippen LogP contribution in [0.5, 0.6) is 0 Å². The highest BCUT2D eigenvalue weighted by atomic mass is 35.5. The van der Waals surface area contributed by atoms with Gasteiger partial charge in [0.15, 0.2) is 0 Å². The summed E-state index contributed by atoms with van der Waals surface area (Å²) in [5.41, 5.74) is 1.97. The Hall–Kier alpha value is -2.86. The lowest BCUT2D eigenvalue weighted by atomic mass is 10.2. The molecule has 0 bridgehead atoms. The van der Waals surface area contributed by atoms with Gasteiger partial charge in [0.25, 0.3) is 0 Å². The van der Waals surface area contributed by atoms with Crippen molar-refractivity contribution in [3.63, 3.8) is 0 Å². The summed E-state index contributed by atoms with van der Waals surface area (Å²) >= 11 is 5.96. The van der Waals surface area contributed by atoms with Crippen molar-refractivity contribution in [1.82, 2.24) is 10.2 Å². The van der Waals surface area contributed by atoms with Crippen LogP contribution in [-0.2, 0) is 11.3 Å². The van der Waals surface area contributed by atoms with Crippen molar-refractivity contribution in [3.8, 4) is 11.5 Å². The molecule has 1 aromatic heterocycles. The zero-order valence-electron chi connectivity index (χ0n) is 12.8. The highest BCUT2D eigenvalue weighted by Gasteiger charge is 2.10. The third-order valence-corrected chi connectivity index (χ3v) is 3.50. The molecule has 3 rings (SSSR count). The van der Waals surface area contributed by atoms with Crippen LogP contribution in [0.2, 0.25) is 5.02 Å². The molecule has 0 spiro atoms. The topological polar surface area (TPSA) is 77.2 Å². The molecule has 0 aliphatic heterocycles. The molecule has 0 saturated carbocycles. The van der Waals surface area contributed by atoms with E-state index in [1.165, 1.54) is 7.11 Å². The highest BCUT2D eigenvalue weighted by molar-refractivity contribution is 6.30. The van der Waals surface area contributed by atoms with Gasteiger partial charge in [-0.05, 0) is 36.4 Å². The Bertz CT molecular complexity index is 864. The third kappa shape index (κ3) is 3.72. The van der Waals surface area contributed by atoms with E-state index in [9.17, 15) is 4.79 Å². The number of hydrogen-bond donors (Lipinski definition) is 1. The van der Waals surface area contributed by atoms with Crippen LogP contribution in [0, 0.1) is 0 Å². The number of benzene rings is 2. The second-order valence-electron chi connectivity index (χ2n) is 4.94. The highest BCUT2D eigenvalue weighted by Crippen LogP contribution is 2.21. The number of rotatable bonds is 5. The Kier molecular flexibility index (Phi) is 4.77. The molecule has 0 saturated heterocycles. The summed E-state index contributed by atoms with van der Waals surface area (Å²) in [5.74, 6) is 0.436. The summed E-state index contributed by atoms with van der Waals surface area (Å²) in [5, 5.41) is 11.7. The van der Waals surface area contributed by atoms with Gasteiger partial charge in [-0.1, -0.05) is 23.7 Å². The number of carbonyl (C=O) groups excluding carboxylic acids is 1. The quantitative estimate of drug-likeness (QED) is 0.710. The predicted molar refractivity (Wildman–Crippen MR) is 89.9 cm³/mol. The molecular formula is C17H14ClN3O3. The maximum Gasteiger partial charge on any atom is 0.337 e. The molecule has 2 aromatic carbocycles. The molecule has 7 heteroatoms. The largest absolute Gasteiger partial charge is 0.465 e. The maximum atomic E-state index is 11.5. The zero-order valence-corrected chi connectivity index (χ0v) is 13.6. The Morgan fingerprint density at radius 1 is 1.21 bits per heavy atom. The molecular weight excluding hydrogens is 330 g/mol. The SMILES string of the molecule is COC(=O)c1cccc(NCc2nnc(-c3cccc(Cl)c3)o2)c1. The number of esters is 1. The fourth-order valence-electron chi connectivity index (χ4n) is 2.11. The number of ether oxygens (including phenoxy) is 1. The summed E-state index contributed by atoms with van der Waals surface area (Å²) in [7, 11) is 1.35. The van der Waals surface area contributed by atoms with Gasteiger partial charge in [-0.25, -0.2) is 4.79 Å². The van der Waals surface area contributed by atoms with Crippen molar-refractivity contribution in [3.05, 3.63) is 65.0 Å². The molecule has 1 heterocycles. The molecule has 0 amide bonds. The van der Waals surface area contributed by atoms with Crippen LogP contribution < -0.4 is 5.32 Å². The van der Waals surface area contributed by atoms with Crippen LogP contribution in [0.25, 0.3) is 11.5 Å². The molecule has 0 aliphatic rings. The van der Waals surface area contributed by atoms with Crippen molar-refractivity contribution in [2.75, 3.05) is 12.4 Å². The van der Waals surface area contributed by atoms with Gasteiger partial charge in [-0.15, -0.1) is 10.2 Å². The Morgan fingerprint density at radius 2 is 2.04 bits per heavy atom. The molecule has 1 N–H and O–H groups in total. The van der Waals surface area contributed by atoms with Gasteiger partial charge in [0.05, 0.1) is 19.2 Å². The van der Waals surface area contributed by atoms with Crippen LogP contribution in [0.1, 0.15) is 16.2 Å². The van der Waals surface area contributed by atoms with Crippen molar-refractivity contribution in [1.29, 1.82) is 0 Å². The van der Waals surface area contributed by atoms with Crippen molar-refractivity contribution < 1.29 is 13.9 Å². The van der Waals surface area contributed by atoms with Crippen LogP contribution in [0.4, 0.5) is 5.69 Å². The second kappa shape index (κ2) is 7.14. The van der Waals surface area contributed by atoms with E-state index >= 15 is 0 Å². The minimum atomic E-state index is -0.389. The second-order valence-corrected chi connectivity index (χ2v) is 5.37. The molecule has 122 valence electrons. The first-order valence-electron chi connectivity index (χ1n) is 7.16. The van der Waals surface area contributed by atoms with E-state index in [1.54, 1.807) is 30.3 Å². The third-order valence-electron chi connectivity index (χ3n) is 3.27. The smallest absolute Gasteiger partial charge is 0.337 e. The van der Waals surface area contributed by atoms with E-state index < -0.39 is 0 Å². The van der Waals surface area contributed by atoms with Gasteiger partial charge >= 0.3 is 5.97 Å². The monoisotopic (exact) mass is 343 g/mol. The molecule has 0 unspecified atom stereocenters. The lowest BCUT2D eigenvalue weighted by molar-refractivity contribution is 0.0601. The fraction of sp³-hybridized carbons (Fsp3) is 0.118. The number of nitrogens with zero attached hydrogens (tertiary/aromatic N) is 2. The number of aromatic nitrogens is 2. The van der Waals surface area contributed by atoms with Crippen molar-refractivity contribution in [2.24, 2.45) is 0 Å². The first-order chi connectivity index (χ1) is 11.7. The Labute approximate surface area is 143 Å². The summed E-state index contributed by atoms with van der Waals surface area (Å²) < 4.78 is 10.3. The summed E-state index contributed by atoms with van der Waals surface area (Å²) in [6.45, 7) is 0.332. The average Bonchev–Trinajstić information content (AvgIpc) is 3.08. The van der Waals surface area contributed by atoms with Crippen LogP contribution in [0.15, 0.2) is 52.9 Å². The number of hydrogen-bond acceptors (Lipinski definition) is 6. The molecule has 0 atom stereocenters. The normalized spacial score (nSPS) is 10.4. The maximum absolute atomic E-state index is 11.5. The number of carbonyl (C=O) groups is 1. The van der Waals surface area contributed by atoms with E-state index in [-0.39, 0.29) is 5.97 Å². The van der Waals surface area contributed by atoms with Gasteiger partial charge < -0.3 is 14.5 Å². The van der Waals surface area contributed by atoms with Crippen molar-refractivity contribution in [2.45, 2.75) is 6.54 Å². The fourth-order valence-corrected chi connectivity index (χ4v) is 2.31. The minimum absolute atomic E-state index is 0.332. The minimum Gasteiger partial charge on any atom is -0.465 e. The lowest BCUT2D eigenvalue weighted by Gasteiger charge is -2.05. The molecule has 6 nitrogen and oxygen atoms in total. The number of methoxy groups -OCH3 is 1. The molecule has 0 fully saturated rings. The summed E-state index contributed by atoms with van der Waals surface area (Å²) in [6, 6.07) is 14.2. The lowest BCUT2D eigenvalue weighted by Crippen LogP contribution is -2.04. The molecule has 0 radical (unpaired) electrons. The van der Waals surface area contributed by atoms with E-state index in [4.69, 9.17) is 20.8 Å². The van der Waals surface area contributed by atoms with E-state index in [0.717, 1.165) is 11.3 Å². The van der Waals surface area contributed by atoms with Crippen LogP contribution in [0.3, 0.4) is 0 Å². The molecule has 24 heavy (non-hydrogen) atoms. The Balaban J connectivity index is 1.69. The van der Waals surface area contributed by atoms with Crippen LogP contribution >= 0.6 is 11.6 Å². The summed E-state index contributed by atoms with van der Waals surface area (Å²) in [6.07, 6.45) is 0. The van der Waals surface area contributed by atoms with Gasteiger partial charge in [-0.3, -0.25) is 0 Å². The van der Waals surface area contributed by atoms with Crippen molar-refractivity contribution >= 4 is 23.3 Å². The number of halogens is 1. The van der Waals surface area contributed by atoms with Gasteiger partial charge in [0, 0.05) is 16.3 Å². The summed E-state index contributed by atoms with van der Waals surface area (Å²) in [4.78, 5) is 11.5.